The number of piperazine rings is 1. The van der Waals surface area contributed by atoms with Gasteiger partial charge in [0.2, 0.25) is 5.56 Å². The number of amides is 1. The lowest BCUT2D eigenvalue weighted by Gasteiger charge is -2.37. The molecule has 0 saturated carbocycles. The van der Waals surface area contributed by atoms with Gasteiger partial charge in [-0.05, 0) is 53.0 Å². The number of aromatic nitrogens is 2. The summed E-state index contributed by atoms with van der Waals surface area (Å²) in [5, 5.41) is 2.52. The number of nitrogens with zero attached hydrogens (tertiary/aromatic N) is 4. The van der Waals surface area contributed by atoms with Gasteiger partial charge in [-0.25, -0.2) is 9.37 Å². The molecule has 2 aliphatic heterocycles. The molecule has 44 heavy (non-hydrogen) atoms. The molecule has 2 aromatic heterocycles. The van der Waals surface area contributed by atoms with Crippen LogP contribution in [0.4, 0.5) is 23.4 Å². The smallest absolute Gasteiger partial charge is 0.373 e. The number of alkyl halides is 3. The predicted octanol–water partition coefficient (Wildman–Crippen LogP) is 4.57. The van der Waals surface area contributed by atoms with Crippen LogP contribution < -0.4 is 15.8 Å². The number of hydrogen-bond acceptors (Lipinski definition) is 7. The van der Waals surface area contributed by atoms with E-state index < -0.39 is 34.6 Å². The van der Waals surface area contributed by atoms with Crippen molar-refractivity contribution in [3.63, 3.8) is 0 Å². The van der Waals surface area contributed by atoms with Gasteiger partial charge in [-0.2, -0.15) is 13.2 Å². The zero-order valence-electron chi connectivity index (χ0n) is 25.4. The number of pyridine rings is 2. The number of aromatic amines is 1. The molecule has 0 radical (unpaired) electrons. The Balaban J connectivity index is 1.73. The highest BCUT2D eigenvalue weighted by Gasteiger charge is 2.36. The van der Waals surface area contributed by atoms with Crippen LogP contribution in [0, 0.1) is 0 Å². The molecule has 0 aliphatic carbocycles. The van der Waals surface area contributed by atoms with Crippen molar-refractivity contribution < 1.29 is 27.1 Å². The van der Waals surface area contributed by atoms with Crippen LogP contribution in [0.3, 0.4) is 0 Å². The molecule has 2 aliphatic rings. The predicted molar refractivity (Wildman–Crippen MR) is 161 cm³/mol. The minimum Gasteiger partial charge on any atom is -0.373 e. The fourth-order valence-corrected chi connectivity index (χ4v) is 5.29. The lowest BCUT2D eigenvalue weighted by molar-refractivity contribution is -0.138. The summed E-state index contributed by atoms with van der Waals surface area (Å²) in [7, 11) is 1.98. The van der Waals surface area contributed by atoms with Crippen molar-refractivity contribution in [1.82, 2.24) is 25.1 Å². The number of hydrogen-bond donors (Lipinski definition) is 2. The Labute approximate surface area is 253 Å². The summed E-state index contributed by atoms with van der Waals surface area (Å²) in [6.07, 6.45) is 1.58. The van der Waals surface area contributed by atoms with Gasteiger partial charge in [-0.15, -0.1) is 0 Å². The second kappa shape index (κ2) is 13.8. The molecule has 2 saturated heterocycles. The third-order valence-electron chi connectivity index (χ3n) is 7.66. The highest BCUT2D eigenvalue weighted by Crippen LogP contribution is 2.31. The average Bonchev–Trinajstić information content (AvgIpc) is 2.96. The number of rotatable bonds is 7. The monoisotopic (exact) mass is 618 g/mol. The Morgan fingerprint density at radius 2 is 1.84 bits per heavy atom. The fraction of sp³-hybridized carbons (Fsp3) is 0.452. The average molecular weight is 619 g/mol. The summed E-state index contributed by atoms with van der Waals surface area (Å²) in [5.74, 6) is -1.02. The Morgan fingerprint density at radius 3 is 2.43 bits per heavy atom. The number of morpholine rings is 1. The molecule has 3 unspecified atom stereocenters. The van der Waals surface area contributed by atoms with E-state index in [1.807, 2.05) is 32.7 Å². The van der Waals surface area contributed by atoms with E-state index in [9.17, 15) is 22.8 Å². The van der Waals surface area contributed by atoms with Crippen LogP contribution in [0.5, 0.6) is 0 Å². The van der Waals surface area contributed by atoms with E-state index in [0.29, 0.717) is 50.2 Å². The molecule has 3 atom stereocenters. The molecule has 2 aromatic rings. The van der Waals surface area contributed by atoms with Gasteiger partial charge in [0.05, 0.1) is 29.0 Å². The quantitative estimate of drug-likeness (QED) is 0.347. The first-order chi connectivity index (χ1) is 20.7. The van der Waals surface area contributed by atoms with Crippen molar-refractivity contribution in [2.24, 2.45) is 0 Å². The van der Waals surface area contributed by atoms with E-state index in [2.05, 4.69) is 25.1 Å². The van der Waals surface area contributed by atoms with Crippen LogP contribution in [0.2, 0.25) is 0 Å². The maximum Gasteiger partial charge on any atom is 0.417 e. The summed E-state index contributed by atoms with van der Waals surface area (Å²) in [6, 6.07) is 3.98. The van der Waals surface area contributed by atoms with E-state index in [1.54, 1.807) is 18.3 Å². The van der Waals surface area contributed by atoms with Gasteiger partial charge in [0.1, 0.15) is 11.6 Å². The maximum atomic E-state index is 15.4. The normalized spacial score (nSPS) is 22.8. The topological polar surface area (TPSA) is 93.8 Å². The lowest BCUT2D eigenvalue weighted by atomic mass is 10.0. The summed E-state index contributed by atoms with van der Waals surface area (Å²) >= 11 is 0. The minimum atomic E-state index is -4.95. The third kappa shape index (κ3) is 8.14. The maximum absolute atomic E-state index is 15.4. The van der Waals surface area contributed by atoms with Crippen molar-refractivity contribution in [2.75, 3.05) is 44.7 Å². The number of allylic oxidation sites excluding steroid dienone is 4. The molecule has 13 heteroatoms. The molecule has 2 fully saturated rings. The zero-order chi connectivity index (χ0) is 32.2. The van der Waals surface area contributed by atoms with Gasteiger partial charge in [-0.3, -0.25) is 9.59 Å². The van der Waals surface area contributed by atoms with E-state index in [1.165, 1.54) is 25.3 Å². The van der Waals surface area contributed by atoms with Gasteiger partial charge in [-0.1, -0.05) is 6.08 Å². The van der Waals surface area contributed by atoms with Crippen molar-refractivity contribution in [2.45, 2.75) is 52.1 Å². The highest BCUT2D eigenvalue weighted by atomic mass is 19.4. The number of halogens is 4. The molecule has 2 N–H and O–H groups in total. The molecule has 9 nitrogen and oxygen atoms in total. The summed E-state index contributed by atoms with van der Waals surface area (Å²) in [4.78, 5) is 37.7. The first-order valence-electron chi connectivity index (χ1n) is 14.4. The SMILES string of the molecule is C\C=C(F)/C(=C\C(=C\N1CCN(C)C(C)C1)NC(=O)c1c[nH]c(=O)cc1C(F)(F)F)c1ccc(N2CC(C)OC(C)C2)nc1. The molecule has 1 amide bonds. The number of likely N-dealkylation sites (N-methyl/N-ethyl adjacent to an activating group) is 1. The van der Waals surface area contributed by atoms with Gasteiger partial charge in [0, 0.05) is 74.6 Å². The van der Waals surface area contributed by atoms with Gasteiger partial charge < -0.3 is 29.7 Å². The fourth-order valence-electron chi connectivity index (χ4n) is 5.29. The van der Waals surface area contributed by atoms with Crippen molar-refractivity contribution in [3.8, 4) is 0 Å². The number of H-pyrrole nitrogens is 1. The van der Waals surface area contributed by atoms with E-state index >= 15 is 4.39 Å². The lowest BCUT2D eigenvalue weighted by Crippen LogP contribution is -2.48. The molecular formula is C31H38F4N6O3. The van der Waals surface area contributed by atoms with Crippen LogP contribution in [0.15, 0.2) is 65.3 Å². The highest BCUT2D eigenvalue weighted by molar-refractivity contribution is 5.97. The molecule has 4 heterocycles. The number of ether oxygens (including phenoxy) is 1. The van der Waals surface area contributed by atoms with Crippen LogP contribution in [0.1, 0.15) is 49.2 Å². The minimum absolute atomic E-state index is 0.0186. The van der Waals surface area contributed by atoms with Crippen LogP contribution >= 0.6 is 0 Å². The van der Waals surface area contributed by atoms with Gasteiger partial charge in [0.15, 0.2) is 0 Å². The largest absolute Gasteiger partial charge is 0.417 e. The van der Waals surface area contributed by atoms with Crippen LogP contribution in [-0.4, -0.2) is 83.7 Å². The molecule has 0 aromatic carbocycles. The number of carbonyl (C=O) groups is 1. The van der Waals surface area contributed by atoms with Crippen LogP contribution in [0.25, 0.3) is 5.57 Å². The Hall–Kier alpha value is -3.97. The number of carbonyl (C=O) groups excluding carboxylic acids is 1. The number of anilines is 1. The third-order valence-corrected chi connectivity index (χ3v) is 7.66. The summed E-state index contributed by atoms with van der Waals surface area (Å²) in [6.45, 7) is 10.7. The van der Waals surface area contributed by atoms with Gasteiger partial charge >= 0.3 is 6.18 Å². The molecular weight excluding hydrogens is 580 g/mol. The molecule has 4 rings (SSSR count). The summed E-state index contributed by atoms with van der Waals surface area (Å²) in [5.41, 5.74) is -2.58. The molecule has 238 valence electrons. The molecule has 0 spiro atoms. The van der Waals surface area contributed by atoms with Gasteiger partial charge in [0.25, 0.3) is 5.91 Å². The summed E-state index contributed by atoms with van der Waals surface area (Å²) < 4.78 is 62.4. The van der Waals surface area contributed by atoms with Crippen molar-refractivity contribution >= 4 is 17.3 Å². The zero-order valence-corrected chi connectivity index (χ0v) is 25.4. The Bertz CT molecular complexity index is 1470. The Morgan fingerprint density at radius 1 is 1.14 bits per heavy atom. The Kier molecular flexibility index (Phi) is 10.3. The first kappa shape index (κ1) is 32.9. The van der Waals surface area contributed by atoms with Crippen LogP contribution in [-0.2, 0) is 10.9 Å². The van der Waals surface area contributed by atoms with E-state index in [0.717, 1.165) is 6.20 Å². The second-order valence-electron chi connectivity index (χ2n) is 11.2. The van der Waals surface area contributed by atoms with Crippen molar-refractivity contribution in [1.29, 1.82) is 0 Å². The molecule has 0 bridgehead atoms. The van der Waals surface area contributed by atoms with Crippen molar-refractivity contribution in [3.05, 3.63) is 87.5 Å². The van der Waals surface area contributed by atoms with E-state index in [-0.39, 0.29) is 29.5 Å². The first-order valence-corrected chi connectivity index (χ1v) is 14.4. The second-order valence-corrected chi connectivity index (χ2v) is 11.2. The number of nitrogens with one attached hydrogen (secondary N) is 2. The standard InChI is InChI=1S/C31H38F4N6O3/c1-6-27(32)24(22-7-8-28(36-13-22)41-16-20(3)44-21(4)17-41)11-23(18-40-10-9-39(5)19(2)15-40)38-30(43)25-14-37-29(42)12-26(25)31(33,34)35/h6-8,11-14,18-21H,9-10,15-17H2,1-5H3,(H,37,42)(H,38,43)/b23-18-,24-11-,27-6+. The van der Waals surface area contributed by atoms with E-state index in [4.69, 9.17) is 4.74 Å².